The maximum absolute atomic E-state index is 14.3. The van der Waals surface area contributed by atoms with Crippen LogP contribution in [0.3, 0.4) is 0 Å². The second-order valence-corrected chi connectivity index (χ2v) is 5.03. The third-order valence-corrected chi connectivity index (χ3v) is 3.54. The third kappa shape index (κ3) is 3.33. The number of likely N-dealkylation sites (N-methyl/N-ethyl adjacent to an activating group) is 1. The van der Waals surface area contributed by atoms with Gasteiger partial charge in [-0.25, -0.2) is 4.39 Å². The number of hydrogen-bond donors (Lipinski definition) is 2. The average Bonchev–Trinajstić information content (AvgIpc) is 2.47. The van der Waals surface area contributed by atoms with Crippen LogP contribution >= 0.6 is 0 Å². The number of amides is 1. The Labute approximate surface area is 123 Å². The molecular formula is C15H21FN2O3. The van der Waals surface area contributed by atoms with Crippen molar-refractivity contribution in [3.8, 4) is 0 Å². The smallest absolute Gasteiger partial charge is 0.245 e. The van der Waals surface area contributed by atoms with Crippen LogP contribution < -0.4 is 10.2 Å². The highest BCUT2D eigenvalue weighted by Gasteiger charge is 2.32. The molecule has 21 heavy (non-hydrogen) atoms. The van der Waals surface area contributed by atoms with Crippen molar-refractivity contribution in [2.75, 3.05) is 31.2 Å². The molecule has 0 saturated carbocycles. The van der Waals surface area contributed by atoms with Gasteiger partial charge in [-0.15, -0.1) is 0 Å². The van der Waals surface area contributed by atoms with Crippen molar-refractivity contribution in [3.05, 3.63) is 29.6 Å². The molecule has 1 aliphatic heterocycles. The number of ether oxygens (including phenoxy) is 1. The van der Waals surface area contributed by atoms with Gasteiger partial charge in [-0.2, -0.15) is 0 Å². The van der Waals surface area contributed by atoms with E-state index in [-0.39, 0.29) is 18.2 Å². The second kappa shape index (κ2) is 6.87. The number of anilines is 1. The van der Waals surface area contributed by atoms with Crippen molar-refractivity contribution in [1.82, 2.24) is 5.32 Å². The quantitative estimate of drug-likeness (QED) is 0.877. The molecular weight excluding hydrogens is 275 g/mol. The van der Waals surface area contributed by atoms with Gasteiger partial charge in [0.2, 0.25) is 5.91 Å². The van der Waals surface area contributed by atoms with Crippen LogP contribution in [0.5, 0.6) is 0 Å². The van der Waals surface area contributed by atoms with E-state index in [1.54, 1.807) is 24.0 Å². The zero-order valence-corrected chi connectivity index (χ0v) is 12.3. The highest BCUT2D eigenvalue weighted by atomic mass is 19.1. The summed E-state index contributed by atoms with van der Waals surface area (Å²) in [5.74, 6) is -0.637. The van der Waals surface area contributed by atoms with Crippen LogP contribution in [0.2, 0.25) is 0 Å². The van der Waals surface area contributed by atoms with Crippen LogP contribution in [0.25, 0.3) is 0 Å². The van der Waals surface area contributed by atoms with E-state index in [4.69, 9.17) is 4.74 Å². The number of para-hydroxylation sites is 1. The Morgan fingerprint density at radius 3 is 3.05 bits per heavy atom. The van der Waals surface area contributed by atoms with Gasteiger partial charge in [-0.1, -0.05) is 12.1 Å². The molecule has 5 nitrogen and oxygen atoms in total. The predicted octanol–water partition coefficient (Wildman–Crippen LogP) is 1.22. The molecule has 0 radical (unpaired) electrons. The molecule has 2 rings (SSSR count). The minimum absolute atomic E-state index is 0.197. The van der Waals surface area contributed by atoms with Gasteiger partial charge in [0.1, 0.15) is 11.9 Å². The Morgan fingerprint density at radius 2 is 2.38 bits per heavy atom. The number of nitrogens with zero attached hydrogens (tertiary/aromatic N) is 1. The average molecular weight is 296 g/mol. The van der Waals surface area contributed by atoms with Gasteiger partial charge >= 0.3 is 0 Å². The molecule has 1 aromatic rings. The van der Waals surface area contributed by atoms with E-state index < -0.39 is 18.0 Å². The number of morpholine rings is 1. The number of aliphatic hydroxyl groups is 1. The van der Waals surface area contributed by atoms with Crippen molar-refractivity contribution in [3.63, 3.8) is 0 Å². The monoisotopic (exact) mass is 296 g/mol. The molecule has 2 N–H and O–H groups in total. The number of benzene rings is 1. The molecule has 1 heterocycles. The van der Waals surface area contributed by atoms with E-state index in [1.807, 2.05) is 6.92 Å². The fourth-order valence-corrected chi connectivity index (χ4v) is 2.55. The van der Waals surface area contributed by atoms with Crippen LogP contribution in [0.4, 0.5) is 10.1 Å². The number of carbonyl (C=O) groups is 1. The lowest BCUT2D eigenvalue weighted by atomic mass is 10.0. The van der Waals surface area contributed by atoms with Crippen LogP contribution in [-0.2, 0) is 9.53 Å². The Balaban J connectivity index is 2.40. The number of halogens is 1. The first-order chi connectivity index (χ1) is 10.1. The number of rotatable bonds is 4. The van der Waals surface area contributed by atoms with E-state index >= 15 is 0 Å². The van der Waals surface area contributed by atoms with Gasteiger partial charge in [0.25, 0.3) is 0 Å². The standard InChI is InChI=1S/C15H21FN2O3/c1-3-17-15(20)13-9-21-8-7-18(13)14-11(10(2)19)5-4-6-12(14)16/h4-6,10,13,19H,3,7-9H2,1-2H3,(H,17,20). The van der Waals surface area contributed by atoms with Crippen molar-refractivity contribution in [1.29, 1.82) is 0 Å². The molecule has 6 heteroatoms. The normalized spacial score (nSPS) is 20.2. The fourth-order valence-electron chi connectivity index (χ4n) is 2.55. The van der Waals surface area contributed by atoms with Crippen molar-refractivity contribution in [2.24, 2.45) is 0 Å². The Morgan fingerprint density at radius 1 is 1.62 bits per heavy atom. The van der Waals surface area contributed by atoms with Crippen molar-refractivity contribution < 1.29 is 19.0 Å². The number of nitrogens with one attached hydrogen (secondary N) is 1. The highest BCUT2D eigenvalue weighted by Crippen LogP contribution is 2.31. The van der Waals surface area contributed by atoms with Crippen LogP contribution in [0.1, 0.15) is 25.5 Å². The van der Waals surface area contributed by atoms with Gasteiger partial charge in [-0.3, -0.25) is 4.79 Å². The first kappa shape index (κ1) is 15.7. The van der Waals surface area contributed by atoms with Gasteiger partial charge in [-0.05, 0) is 19.9 Å². The molecule has 116 valence electrons. The predicted molar refractivity (Wildman–Crippen MR) is 77.7 cm³/mol. The minimum atomic E-state index is -0.812. The summed E-state index contributed by atoms with van der Waals surface area (Å²) in [6, 6.07) is 3.98. The first-order valence-corrected chi connectivity index (χ1v) is 7.14. The zero-order valence-electron chi connectivity index (χ0n) is 12.3. The van der Waals surface area contributed by atoms with Gasteiger partial charge in [0.15, 0.2) is 0 Å². The topological polar surface area (TPSA) is 61.8 Å². The summed E-state index contributed by atoms with van der Waals surface area (Å²) in [5.41, 5.74) is 0.762. The van der Waals surface area contributed by atoms with Crippen LogP contribution in [-0.4, -0.2) is 43.4 Å². The SMILES string of the molecule is CCNC(=O)C1COCCN1c1c(F)cccc1C(C)O. The molecule has 0 aromatic heterocycles. The van der Waals surface area contributed by atoms with Gasteiger partial charge in [0.05, 0.1) is 25.0 Å². The molecule has 0 spiro atoms. The summed E-state index contributed by atoms with van der Waals surface area (Å²) in [6.45, 7) is 4.95. The molecule has 0 aliphatic carbocycles. The van der Waals surface area contributed by atoms with Crippen molar-refractivity contribution in [2.45, 2.75) is 26.0 Å². The van der Waals surface area contributed by atoms with E-state index in [9.17, 15) is 14.3 Å². The molecule has 1 saturated heterocycles. The molecule has 1 fully saturated rings. The van der Waals surface area contributed by atoms with E-state index in [1.165, 1.54) is 6.07 Å². The highest BCUT2D eigenvalue weighted by molar-refractivity contribution is 5.86. The third-order valence-electron chi connectivity index (χ3n) is 3.54. The number of aliphatic hydroxyl groups excluding tert-OH is 1. The maximum atomic E-state index is 14.3. The van der Waals surface area contributed by atoms with Crippen LogP contribution in [0, 0.1) is 5.82 Å². The summed E-state index contributed by atoms with van der Waals surface area (Å²) in [6.07, 6.45) is -0.812. The Hall–Kier alpha value is -1.66. The second-order valence-electron chi connectivity index (χ2n) is 5.03. The summed E-state index contributed by atoms with van der Waals surface area (Å²) < 4.78 is 19.6. The van der Waals surface area contributed by atoms with Crippen LogP contribution in [0.15, 0.2) is 18.2 Å². The summed E-state index contributed by atoms with van der Waals surface area (Å²) in [7, 11) is 0. The molecule has 1 aliphatic rings. The summed E-state index contributed by atoms with van der Waals surface area (Å²) >= 11 is 0. The van der Waals surface area contributed by atoms with E-state index in [0.717, 1.165) is 0 Å². The Bertz CT molecular complexity index is 508. The molecule has 2 unspecified atom stereocenters. The summed E-state index contributed by atoms with van der Waals surface area (Å²) in [4.78, 5) is 13.8. The zero-order chi connectivity index (χ0) is 15.4. The van der Waals surface area contributed by atoms with Crippen molar-refractivity contribution >= 4 is 11.6 Å². The molecule has 2 atom stereocenters. The number of carbonyl (C=O) groups excluding carboxylic acids is 1. The minimum Gasteiger partial charge on any atom is -0.389 e. The maximum Gasteiger partial charge on any atom is 0.245 e. The number of hydrogen-bond acceptors (Lipinski definition) is 4. The van der Waals surface area contributed by atoms with E-state index in [0.29, 0.717) is 25.3 Å². The first-order valence-electron chi connectivity index (χ1n) is 7.14. The Kier molecular flexibility index (Phi) is 5.14. The van der Waals surface area contributed by atoms with Gasteiger partial charge in [0, 0.05) is 18.7 Å². The molecule has 1 amide bonds. The lowest BCUT2D eigenvalue weighted by Gasteiger charge is -2.37. The molecule has 1 aromatic carbocycles. The summed E-state index contributed by atoms with van der Waals surface area (Å²) in [5, 5.41) is 12.6. The lowest BCUT2D eigenvalue weighted by molar-refractivity contribution is -0.124. The fraction of sp³-hybridized carbons (Fsp3) is 0.533. The largest absolute Gasteiger partial charge is 0.389 e. The molecule has 0 bridgehead atoms. The van der Waals surface area contributed by atoms with Gasteiger partial charge < -0.3 is 20.1 Å². The van der Waals surface area contributed by atoms with E-state index in [2.05, 4.69) is 5.32 Å². The lowest BCUT2D eigenvalue weighted by Crippen LogP contribution is -2.54.